The van der Waals surface area contributed by atoms with Gasteiger partial charge in [0.15, 0.2) is 9.63 Å². The summed E-state index contributed by atoms with van der Waals surface area (Å²) in [5.41, 5.74) is 3.15. The second-order valence-electron chi connectivity index (χ2n) is 5.75. The molecular formula is C18H13Cl4N3O3. The molecule has 3 rings (SSSR count). The maximum atomic E-state index is 12.8. The first-order chi connectivity index (χ1) is 13.2. The van der Waals surface area contributed by atoms with Gasteiger partial charge >= 0.3 is 0 Å². The van der Waals surface area contributed by atoms with Crippen molar-refractivity contribution in [2.75, 3.05) is 0 Å². The number of halogens is 4. The van der Waals surface area contributed by atoms with Crippen LogP contribution in [-0.4, -0.2) is 31.8 Å². The molecule has 0 aliphatic carbocycles. The number of amides is 2. The topological polar surface area (TPSA) is 74.9 Å². The first-order valence-corrected chi connectivity index (χ1v) is 9.57. The summed E-state index contributed by atoms with van der Waals surface area (Å²) >= 11 is 23.1. The van der Waals surface area contributed by atoms with Crippen molar-refractivity contribution in [3.05, 3.63) is 65.7 Å². The zero-order valence-corrected chi connectivity index (χ0v) is 17.1. The molecule has 146 valence electrons. The monoisotopic (exact) mass is 459 g/mol. The van der Waals surface area contributed by atoms with E-state index < -0.39 is 21.0 Å². The number of hydrogen-bond donors (Lipinski definition) is 1. The summed E-state index contributed by atoms with van der Waals surface area (Å²) < 4.78 is 3.52. The predicted octanol–water partition coefficient (Wildman–Crippen LogP) is 4.31. The van der Waals surface area contributed by atoms with Crippen molar-refractivity contribution in [1.82, 2.24) is 10.4 Å². The minimum atomic E-state index is -1.71. The van der Waals surface area contributed by atoms with Crippen LogP contribution in [0.15, 0.2) is 63.8 Å². The Morgan fingerprint density at radius 1 is 1.21 bits per heavy atom. The molecule has 28 heavy (non-hydrogen) atoms. The third-order valence-electron chi connectivity index (χ3n) is 3.63. The van der Waals surface area contributed by atoms with Crippen LogP contribution >= 0.6 is 46.4 Å². The minimum absolute atomic E-state index is 0.0848. The summed E-state index contributed by atoms with van der Waals surface area (Å²) in [5, 5.41) is -0.157. The fourth-order valence-electron chi connectivity index (χ4n) is 2.39. The Morgan fingerprint density at radius 3 is 2.54 bits per heavy atom. The van der Waals surface area contributed by atoms with E-state index in [9.17, 15) is 9.59 Å². The first kappa shape index (κ1) is 20.7. The van der Waals surface area contributed by atoms with Crippen molar-refractivity contribution in [3.63, 3.8) is 0 Å². The molecular weight excluding hydrogens is 448 g/mol. The van der Waals surface area contributed by atoms with Crippen LogP contribution in [0.2, 0.25) is 0 Å². The van der Waals surface area contributed by atoms with Crippen LogP contribution < -0.4 is 5.43 Å². The quantitative estimate of drug-likeness (QED) is 0.533. The molecule has 1 aromatic carbocycles. The lowest BCUT2D eigenvalue weighted by molar-refractivity contribution is -0.133. The zero-order chi connectivity index (χ0) is 20.3. The number of nitrogens with one attached hydrogen (secondary N) is 1. The molecule has 6 nitrogen and oxygen atoms in total. The van der Waals surface area contributed by atoms with Crippen molar-refractivity contribution < 1.29 is 14.0 Å². The summed E-state index contributed by atoms with van der Waals surface area (Å²) in [7, 11) is 0. The Labute approximate surface area is 180 Å². The highest BCUT2D eigenvalue weighted by atomic mass is 35.6. The molecule has 0 radical (unpaired) electrons. The smallest absolute Gasteiger partial charge is 0.297 e. The first-order valence-electron chi connectivity index (χ1n) is 8.00. The molecule has 0 saturated heterocycles. The Hall–Kier alpha value is -1.99. The number of rotatable bonds is 5. The van der Waals surface area contributed by atoms with E-state index >= 15 is 0 Å². The molecule has 0 bridgehead atoms. The average molecular weight is 461 g/mol. The van der Waals surface area contributed by atoms with Crippen LogP contribution in [0.3, 0.4) is 0 Å². The molecule has 1 aliphatic heterocycles. The number of carbonyl (C=O) groups excluding carboxylic acids is 2. The van der Waals surface area contributed by atoms with Crippen LogP contribution in [-0.2, 0) is 9.59 Å². The molecule has 10 heteroatoms. The molecule has 1 atom stereocenters. The van der Waals surface area contributed by atoms with Crippen LogP contribution in [0, 0.1) is 0 Å². The van der Waals surface area contributed by atoms with Gasteiger partial charge in [0.05, 0.1) is 6.26 Å². The van der Waals surface area contributed by atoms with E-state index in [0.717, 1.165) is 5.01 Å². The third-order valence-corrected chi connectivity index (χ3v) is 4.45. The maximum Gasteiger partial charge on any atom is 0.297 e. The molecule has 1 aliphatic rings. The zero-order valence-electron chi connectivity index (χ0n) is 14.1. The number of aliphatic imine (C=N–C) groups is 1. The number of nitrogens with zero attached hydrogens (tertiary/aromatic N) is 2. The lowest BCUT2D eigenvalue weighted by Crippen LogP contribution is -2.50. The van der Waals surface area contributed by atoms with Gasteiger partial charge in [-0.2, -0.15) is 5.01 Å². The number of amidine groups is 1. The number of hydrogen-bond acceptors (Lipinski definition) is 4. The Kier molecular flexibility index (Phi) is 6.35. The number of benzene rings is 1. The molecule has 1 aromatic heterocycles. The summed E-state index contributed by atoms with van der Waals surface area (Å²) in [6, 6.07) is 12.2. The molecule has 0 spiro atoms. The van der Waals surface area contributed by atoms with E-state index in [-0.39, 0.29) is 18.0 Å². The standard InChI is InChI=1S/C18H13Cl4N3O3/c19-13(10-18(20,21)22)16(26)24-25-15(11-5-2-1-3-6-11)23-14(17(25)27)9-12-7-4-8-28-12/h1-9,13H,10H2,(H,24,26)/b14-9+/t13-/m1/s1. The van der Waals surface area contributed by atoms with Gasteiger partial charge in [-0.15, -0.1) is 11.6 Å². The van der Waals surface area contributed by atoms with E-state index in [1.165, 1.54) is 12.3 Å². The second-order valence-corrected chi connectivity index (χ2v) is 8.79. The second kappa shape index (κ2) is 8.57. The molecule has 2 heterocycles. The van der Waals surface area contributed by atoms with E-state index in [1.54, 1.807) is 36.4 Å². The van der Waals surface area contributed by atoms with Gasteiger partial charge in [0.25, 0.3) is 11.8 Å². The van der Waals surface area contributed by atoms with Gasteiger partial charge < -0.3 is 4.42 Å². The van der Waals surface area contributed by atoms with Crippen molar-refractivity contribution in [1.29, 1.82) is 0 Å². The average Bonchev–Trinajstić information content (AvgIpc) is 3.25. The van der Waals surface area contributed by atoms with Gasteiger partial charge in [-0.25, -0.2) is 4.99 Å². The van der Waals surface area contributed by atoms with E-state index in [2.05, 4.69) is 10.4 Å². The summed E-state index contributed by atoms with van der Waals surface area (Å²) in [6.45, 7) is 0. The summed E-state index contributed by atoms with van der Waals surface area (Å²) in [4.78, 5) is 29.6. The Balaban J connectivity index is 1.89. The van der Waals surface area contributed by atoms with Crippen molar-refractivity contribution in [3.8, 4) is 0 Å². The fourth-order valence-corrected chi connectivity index (χ4v) is 3.37. The van der Waals surface area contributed by atoms with Crippen LogP contribution in [0.1, 0.15) is 17.7 Å². The van der Waals surface area contributed by atoms with Crippen molar-refractivity contribution in [2.24, 2.45) is 4.99 Å². The number of hydrazine groups is 1. The molecule has 1 N–H and O–H groups in total. The lowest BCUT2D eigenvalue weighted by Gasteiger charge is -2.22. The lowest BCUT2D eigenvalue weighted by atomic mass is 10.2. The van der Waals surface area contributed by atoms with Gasteiger partial charge in [0.1, 0.15) is 16.8 Å². The van der Waals surface area contributed by atoms with Gasteiger partial charge in [0.2, 0.25) is 0 Å². The highest BCUT2D eigenvalue weighted by molar-refractivity contribution is 6.67. The number of furan rings is 1. The predicted molar refractivity (Wildman–Crippen MR) is 109 cm³/mol. The maximum absolute atomic E-state index is 12.8. The van der Waals surface area contributed by atoms with Gasteiger partial charge in [-0.3, -0.25) is 15.0 Å². The van der Waals surface area contributed by atoms with Crippen molar-refractivity contribution >= 4 is 70.1 Å². The number of carbonyl (C=O) groups is 2. The highest BCUT2D eigenvalue weighted by Gasteiger charge is 2.36. The molecule has 2 aromatic rings. The fraction of sp³-hybridized carbons (Fsp3) is 0.167. The molecule has 2 amide bonds. The van der Waals surface area contributed by atoms with Gasteiger partial charge in [0, 0.05) is 18.1 Å². The van der Waals surface area contributed by atoms with Crippen LogP contribution in [0.5, 0.6) is 0 Å². The highest BCUT2D eigenvalue weighted by Crippen LogP contribution is 2.33. The van der Waals surface area contributed by atoms with Gasteiger partial charge in [-0.05, 0) is 12.1 Å². The Morgan fingerprint density at radius 2 is 1.93 bits per heavy atom. The van der Waals surface area contributed by atoms with E-state index in [0.29, 0.717) is 11.3 Å². The summed E-state index contributed by atoms with van der Waals surface area (Å²) in [5.74, 6) is -0.584. The minimum Gasteiger partial charge on any atom is -0.465 e. The van der Waals surface area contributed by atoms with Crippen molar-refractivity contribution in [2.45, 2.75) is 15.6 Å². The normalized spacial score (nSPS) is 17.0. The molecule has 0 unspecified atom stereocenters. The van der Waals surface area contributed by atoms with E-state index in [4.69, 9.17) is 50.8 Å². The van der Waals surface area contributed by atoms with E-state index in [1.807, 2.05) is 6.07 Å². The molecule has 0 saturated carbocycles. The van der Waals surface area contributed by atoms with Crippen LogP contribution in [0.4, 0.5) is 0 Å². The Bertz CT molecular complexity index is 921. The SMILES string of the molecule is O=C(NN1C(=O)/C(=C\c2ccco2)N=C1c1ccccc1)[C@H](Cl)CC(Cl)(Cl)Cl. The van der Waals surface area contributed by atoms with Crippen LogP contribution in [0.25, 0.3) is 6.08 Å². The summed E-state index contributed by atoms with van der Waals surface area (Å²) in [6.07, 6.45) is 2.71. The third kappa shape index (κ3) is 5.08. The largest absolute Gasteiger partial charge is 0.465 e. The van der Waals surface area contributed by atoms with Gasteiger partial charge in [-0.1, -0.05) is 65.1 Å². The molecule has 0 fully saturated rings. The number of alkyl halides is 4.